The second-order valence-electron chi connectivity index (χ2n) is 5.03. The van der Waals surface area contributed by atoms with Crippen LogP contribution in [0.2, 0.25) is 0 Å². The van der Waals surface area contributed by atoms with Crippen molar-refractivity contribution in [1.29, 1.82) is 0 Å². The fraction of sp³-hybridized carbons (Fsp3) is 0.562. The summed E-state index contributed by atoms with van der Waals surface area (Å²) in [7, 11) is 1.62. The zero-order chi connectivity index (χ0) is 15.0. The van der Waals surface area contributed by atoms with Crippen molar-refractivity contribution in [2.45, 2.75) is 51.7 Å². The number of benzene rings is 1. The number of unbranched alkanes of at least 4 members (excludes halogenated alkanes) is 2. The third-order valence-electron chi connectivity index (χ3n) is 3.36. The number of hydrogen-bond donors (Lipinski definition) is 2. The van der Waals surface area contributed by atoms with Gasteiger partial charge in [-0.05, 0) is 37.6 Å². The number of nitrogens with one attached hydrogen (secondary N) is 1. The Morgan fingerprint density at radius 2 is 1.95 bits per heavy atom. The fourth-order valence-corrected chi connectivity index (χ4v) is 2.11. The predicted molar refractivity (Wildman–Crippen MR) is 81.2 cm³/mol. The van der Waals surface area contributed by atoms with Gasteiger partial charge in [0.15, 0.2) is 5.78 Å². The molecule has 2 atom stereocenters. The van der Waals surface area contributed by atoms with Gasteiger partial charge in [-0.25, -0.2) is 0 Å². The largest absolute Gasteiger partial charge is 0.497 e. The molecule has 0 unspecified atom stereocenters. The highest BCUT2D eigenvalue weighted by Crippen LogP contribution is 2.19. The monoisotopic (exact) mass is 279 g/mol. The Kier molecular flexibility index (Phi) is 7.09. The smallest absolute Gasteiger partial charge is 0.160 e. The van der Waals surface area contributed by atoms with E-state index >= 15 is 0 Å². The number of anilines is 1. The van der Waals surface area contributed by atoms with Crippen LogP contribution in [0.5, 0.6) is 5.75 Å². The Morgan fingerprint density at radius 3 is 2.45 bits per heavy atom. The first-order valence-corrected chi connectivity index (χ1v) is 7.17. The summed E-state index contributed by atoms with van der Waals surface area (Å²) >= 11 is 0. The minimum Gasteiger partial charge on any atom is -0.497 e. The minimum atomic E-state index is -0.964. The van der Waals surface area contributed by atoms with E-state index in [1.807, 2.05) is 24.3 Å². The van der Waals surface area contributed by atoms with E-state index in [1.165, 1.54) is 6.92 Å². The first-order chi connectivity index (χ1) is 9.58. The van der Waals surface area contributed by atoms with E-state index in [1.54, 1.807) is 7.11 Å². The molecule has 0 aliphatic carbocycles. The van der Waals surface area contributed by atoms with E-state index in [4.69, 9.17) is 4.74 Å². The Balaban J connectivity index is 2.68. The lowest BCUT2D eigenvalue weighted by Gasteiger charge is -2.23. The van der Waals surface area contributed by atoms with Crippen molar-refractivity contribution in [1.82, 2.24) is 0 Å². The van der Waals surface area contributed by atoms with Gasteiger partial charge in [-0.3, -0.25) is 4.79 Å². The van der Waals surface area contributed by atoms with Gasteiger partial charge in [0.25, 0.3) is 0 Å². The Labute approximate surface area is 121 Å². The highest BCUT2D eigenvalue weighted by molar-refractivity contribution is 5.81. The maximum Gasteiger partial charge on any atom is 0.160 e. The van der Waals surface area contributed by atoms with Crippen molar-refractivity contribution >= 4 is 11.5 Å². The fourth-order valence-electron chi connectivity index (χ4n) is 2.11. The summed E-state index contributed by atoms with van der Waals surface area (Å²) < 4.78 is 5.11. The first kappa shape index (κ1) is 16.5. The van der Waals surface area contributed by atoms with Crippen LogP contribution in [-0.2, 0) is 4.79 Å². The molecular formula is C16H25NO3. The summed E-state index contributed by atoms with van der Waals surface area (Å²) in [5.41, 5.74) is 0.882. The van der Waals surface area contributed by atoms with Crippen molar-refractivity contribution in [3.8, 4) is 5.75 Å². The molecule has 4 nitrogen and oxygen atoms in total. The molecule has 0 saturated carbocycles. The van der Waals surface area contributed by atoms with Gasteiger partial charge in [0.05, 0.1) is 13.2 Å². The predicted octanol–water partition coefficient (Wildman–Crippen LogP) is 3.01. The average molecular weight is 279 g/mol. The maximum atomic E-state index is 11.4. The molecule has 1 aromatic rings. The summed E-state index contributed by atoms with van der Waals surface area (Å²) in [6.45, 7) is 3.56. The molecule has 20 heavy (non-hydrogen) atoms. The quantitative estimate of drug-likeness (QED) is 0.682. The first-order valence-electron chi connectivity index (χ1n) is 7.17. The number of Topliss-reactive ketones (excluding diaryl/α,β-unsaturated/α-hetero) is 1. The van der Waals surface area contributed by atoms with Gasteiger partial charge in [0.2, 0.25) is 0 Å². The molecule has 2 N–H and O–H groups in total. The van der Waals surface area contributed by atoms with Crippen LogP contribution in [0.15, 0.2) is 24.3 Å². The van der Waals surface area contributed by atoms with Gasteiger partial charge in [0, 0.05) is 5.69 Å². The summed E-state index contributed by atoms with van der Waals surface area (Å²) in [6, 6.07) is 7.24. The molecule has 0 spiro atoms. The number of rotatable bonds is 9. The molecule has 1 aromatic carbocycles. The number of methoxy groups -OCH3 is 1. The lowest BCUT2D eigenvalue weighted by molar-refractivity contribution is -0.125. The number of aliphatic hydroxyl groups is 1. The molecule has 0 radical (unpaired) electrons. The van der Waals surface area contributed by atoms with E-state index < -0.39 is 6.10 Å². The number of ether oxygens (including phenoxy) is 1. The van der Waals surface area contributed by atoms with Gasteiger partial charge >= 0.3 is 0 Å². The van der Waals surface area contributed by atoms with E-state index in [9.17, 15) is 9.90 Å². The number of ketones is 1. The Bertz CT molecular complexity index is 403. The summed E-state index contributed by atoms with van der Waals surface area (Å²) in [5.74, 6) is 0.581. The normalized spacial score (nSPS) is 13.6. The molecule has 0 heterocycles. The third-order valence-corrected chi connectivity index (χ3v) is 3.36. The molecular weight excluding hydrogens is 254 g/mol. The van der Waals surface area contributed by atoms with Crippen LogP contribution in [0.4, 0.5) is 5.69 Å². The van der Waals surface area contributed by atoms with E-state index in [2.05, 4.69) is 12.2 Å². The molecule has 0 fully saturated rings. The molecule has 1 rings (SSSR count). The van der Waals surface area contributed by atoms with Crippen LogP contribution in [0, 0.1) is 0 Å². The topological polar surface area (TPSA) is 58.6 Å². The second-order valence-corrected chi connectivity index (χ2v) is 5.03. The van der Waals surface area contributed by atoms with Gasteiger partial charge in [-0.1, -0.05) is 26.2 Å². The molecule has 0 bridgehead atoms. The molecule has 0 aromatic heterocycles. The lowest BCUT2D eigenvalue weighted by atomic mass is 10.0. The zero-order valence-corrected chi connectivity index (χ0v) is 12.6. The van der Waals surface area contributed by atoms with Crippen molar-refractivity contribution in [2.75, 3.05) is 12.4 Å². The summed E-state index contributed by atoms with van der Waals surface area (Å²) in [6.07, 6.45) is 3.03. The molecule has 0 aliphatic heterocycles. The Hall–Kier alpha value is -1.55. The SMILES string of the molecule is CCCCC[C@@H](Nc1ccc(OC)cc1)[C@H](O)C(C)=O. The van der Waals surface area contributed by atoms with Crippen molar-refractivity contribution in [3.63, 3.8) is 0 Å². The molecule has 0 aliphatic rings. The van der Waals surface area contributed by atoms with E-state index in [0.717, 1.165) is 37.1 Å². The van der Waals surface area contributed by atoms with Gasteiger partial charge in [0.1, 0.15) is 11.9 Å². The number of hydrogen-bond acceptors (Lipinski definition) is 4. The van der Waals surface area contributed by atoms with E-state index in [0.29, 0.717) is 0 Å². The molecule has 112 valence electrons. The highest BCUT2D eigenvalue weighted by Gasteiger charge is 2.22. The molecule has 4 heteroatoms. The van der Waals surface area contributed by atoms with Crippen molar-refractivity contribution in [3.05, 3.63) is 24.3 Å². The standard InChI is InChI=1S/C16H25NO3/c1-4-5-6-7-15(16(19)12(2)18)17-13-8-10-14(20-3)11-9-13/h8-11,15-17,19H,4-7H2,1-3H3/t15-,16-/m1/s1. The van der Waals surface area contributed by atoms with Crippen molar-refractivity contribution in [2.24, 2.45) is 0 Å². The van der Waals surface area contributed by atoms with Crippen LogP contribution >= 0.6 is 0 Å². The molecule has 0 saturated heterocycles. The van der Waals surface area contributed by atoms with Crippen LogP contribution in [0.25, 0.3) is 0 Å². The van der Waals surface area contributed by atoms with Crippen LogP contribution in [-0.4, -0.2) is 30.1 Å². The minimum absolute atomic E-state index is 0.201. The Morgan fingerprint density at radius 1 is 1.30 bits per heavy atom. The summed E-state index contributed by atoms with van der Waals surface area (Å²) in [5, 5.41) is 13.3. The van der Waals surface area contributed by atoms with Gasteiger partial charge < -0.3 is 15.2 Å². The zero-order valence-electron chi connectivity index (χ0n) is 12.6. The van der Waals surface area contributed by atoms with Crippen LogP contribution in [0.3, 0.4) is 0 Å². The van der Waals surface area contributed by atoms with Gasteiger partial charge in [-0.15, -0.1) is 0 Å². The third kappa shape index (κ3) is 5.21. The lowest BCUT2D eigenvalue weighted by Crippen LogP contribution is -2.38. The number of aliphatic hydroxyl groups excluding tert-OH is 1. The van der Waals surface area contributed by atoms with Crippen LogP contribution in [0.1, 0.15) is 39.5 Å². The van der Waals surface area contributed by atoms with Gasteiger partial charge in [-0.2, -0.15) is 0 Å². The van der Waals surface area contributed by atoms with Crippen molar-refractivity contribution < 1.29 is 14.6 Å². The summed E-state index contributed by atoms with van der Waals surface area (Å²) in [4.78, 5) is 11.4. The number of carbonyl (C=O) groups excluding carboxylic acids is 1. The highest BCUT2D eigenvalue weighted by atomic mass is 16.5. The van der Waals surface area contributed by atoms with Crippen LogP contribution < -0.4 is 10.1 Å². The number of carbonyl (C=O) groups is 1. The second kappa shape index (κ2) is 8.59. The average Bonchev–Trinajstić information content (AvgIpc) is 2.46. The van der Waals surface area contributed by atoms with E-state index in [-0.39, 0.29) is 11.8 Å². The maximum absolute atomic E-state index is 11.4. The molecule has 0 amide bonds.